The molecule has 0 bridgehead atoms. The highest BCUT2D eigenvalue weighted by Gasteiger charge is 2.13. The Hall–Kier alpha value is -1.16. The van der Waals surface area contributed by atoms with Gasteiger partial charge in [0, 0.05) is 0 Å². The van der Waals surface area contributed by atoms with Gasteiger partial charge in [-0.25, -0.2) is 0 Å². The van der Waals surface area contributed by atoms with Crippen LogP contribution in [0.3, 0.4) is 0 Å². The average molecular weight is 226 g/mol. The molecule has 82 valence electrons. The third-order valence-corrected chi connectivity index (χ3v) is 2.59. The minimum Gasteiger partial charge on any atom is -0.465 e. The van der Waals surface area contributed by atoms with Gasteiger partial charge in [-0.1, -0.05) is 19.9 Å². The Morgan fingerprint density at radius 1 is 1.47 bits per heavy atom. The number of Topliss-reactive ketones (excluding diaryl/α,β-unsaturated/α-hetero) is 1. The van der Waals surface area contributed by atoms with Gasteiger partial charge < -0.3 is 4.74 Å². The molecule has 4 heteroatoms. The molecule has 1 heterocycles. The third kappa shape index (κ3) is 4.25. The maximum atomic E-state index is 11.5. The van der Waals surface area contributed by atoms with Gasteiger partial charge in [-0.2, -0.15) is 0 Å². The molecule has 0 aromatic carbocycles. The largest absolute Gasteiger partial charge is 0.465 e. The van der Waals surface area contributed by atoms with Gasteiger partial charge in [0.15, 0.2) is 5.78 Å². The molecule has 0 unspecified atom stereocenters. The lowest BCUT2D eigenvalue weighted by atomic mass is 10.2. The zero-order valence-corrected chi connectivity index (χ0v) is 9.67. The van der Waals surface area contributed by atoms with Crippen LogP contribution >= 0.6 is 11.3 Å². The van der Waals surface area contributed by atoms with Crippen molar-refractivity contribution < 1.29 is 14.3 Å². The van der Waals surface area contributed by atoms with E-state index < -0.39 is 5.97 Å². The summed E-state index contributed by atoms with van der Waals surface area (Å²) < 4.78 is 4.92. The van der Waals surface area contributed by atoms with Gasteiger partial charge in [-0.05, 0) is 17.4 Å². The highest BCUT2D eigenvalue weighted by molar-refractivity contribution is 7.12. The third-order valence-electron chi connectivity index (χ3n) is 1.68. The molecule has 0 atom stereocenters. The summed E-state index contributed by atoms with van der Waals surface area (Å²) in [5.41, 5.74) is 0. The second-order valence-corrected chi connectivity index (χ2v) is 4.60. The normalized spacial score (nSPS) is 10.3. The molecule has 0 radical (unpaired) electrons. The molecule has 0 amide bonds. The van der Waals surface area contributed by atoms with E-state index in [1.807, 2.05) is 19.2 Å². The van der Waals surface area contributed by atoms with Gasteiger partial charge >= 0.3 is 5.97 Å². The van der Waals surface area contributed by atoms with Gasteiger partial charge in [-0.3, -0.25) is 9.59 Å². The molecule has 0 saturated carbocycles. The van der Waals surface area contributed by atoms with Crippen LogP contribution in [0.25, 0.3) is 0 Å². The van der Waals surface area contributed by atoms with E-state index in [-0.39, 0.29) is 12.2 Å². The first-order chi connectivity index (χ1) is 7.09. The number of rotatable bonds is 5. The number of ketones is 1. The Labute approximate surface area is 93.1 Å². The predicted molar refractivity (Wildman–Crippen MR) is 59.1 cm³/mol. The van der Waals surface area contributed by atoms with Crippen molar-refractivity contribution >= 4 is 23.1 Å². The zero-order chi connectivity index (χ0) is 11.3. The summed E-state index contributed by atoms with van der Waals surface area (Å²) in [5.74, 6) is -0.313. The fraction of sp³-hybridized carbons (Fsp3) is 0.455. The first-order valence-electron chi connectivity index (χ1n) is 4.82. The minimum atomic E-state index is -0.442. The molecule has 0 aliphatic carbocycles. The Balaban J connectivity index is 2.36. The average Bonchev–Trinajstić information content (AvgIpc) is 2.67. The predicted octanol–water partition coefficient (Wildman–Crippen LogP) is 2.52. The highest BCUT2D eigenvalue weighted by atomic mass is 32.1. The number of esters is 1. The van der Waals surface area contributed by atoms with Crippen molar-refractivity contribution in [3.05, 3.63) is 22.4 Å². The standard InChI is InChI=1S/C11H14O3S/c1-8(2)7-14-11(13)6-9(12)10-4-3-5-15-10/h3-5,8H,6-7H2,1-2H3. The van der Waals surface area contributed by atoms with Crippen LogP contribution in [-0.2, 0) is 9.53 Å². The Morgan fingerprint density at radius 2 is 2.20 bits per heavy atom. The van der Waals surface area contributed by atoms with Crippen LogP contribution in [-0.4, -0.2) is 18.4 Å². The summed E-state index contributed by atoms with van der Waals surface area (Å²) in [7, 11) is 0. The molecule has 3 nitrogen and oxygen atoms in total. The molecule has 1 rings (SSSR count). The molecule has 1 aromatic rings. The van der Waals surface area contributed by atoms with Gasteiger partial charge in [-0.15, -0.1) is 11.3 Å². The molecule has 0 spiro atoms. The van der Waals surface area contributed by atoms with Gasteiger partial charge in [0.2, 0.25) is 0 Å². The topological polar surface area (TPSA) is 43.4 Å². The summed E-state index contributed by atoms with van der Waals surface area (Å²) in [6.45, 7) is 4.28. The number of hydrogen-bond donors (Lipinski definition) is 0. The monoisotopic (exact) mass is 226 g/mol. The minimum absolute atomic E-state index is 0.159. The molecule has 15 heavy (non-hydrogen) atoms. The molecular weight excluding hydrogens is 212 g/mol. The Morgan fingerprint density at radius 3 is 2.73 bits per heavy atom. The van der Waals surface area contributed by atoms with Crippen LogP contribution in [0, 0.1) is 5.92 Å². The van der Waals surface area contributed by atoms with Crippen LogP contribution in [0.4, 0.5) is 0 Å². The van der Waals surface area contributed by atoms with E-state index >= 15 is 0 Å². The summed E-state index contributed by atoms with van der Waals surface area (Å²) in [6, 6.07) is 3.50. The number of carbonyl (C=O) groups is 2. The van der Waals surface area contributed by atoms with Crippen LogP contribution in [0.5, 0.6) is 0 Å². The van der Waals surface area contributed by atoms with Gasteiger partial charge in [0.25, 0.3) is 0 Å². The van der Waals surface area contributed by atoms with E-state index in [1.165, 1.54) is 11.3 Å². The molecule has 0 aliphatic rings. The lowest BCUT2D eigenvalue weighted by molar-refractivity contribution is -0.143. The lowest BCUT2D eigenvalue weighted by Gasteiger charge is -2.05. The maximum Gasteiger partial charge on any atom is 0.313 e. The second kappa shape index (κ2) is 5.66. The second-order valence-electron chi connectivity index (χ2n) is 3.65. The summed E-state index contributed by atoms with van der Waals surface area (Å²) >= 11 is 1.34. The van der Waals surface area contributed by atoms with E-state index in [0.29, 0.717) is 17.4 Å². The van der Waals surface area contributed by atoms with Crippen LogP contribution in [0.15, 0.2) is 17.5 Å². The van der Waals surface area contributed by atoms with Crippen LogP contribution in [0.2, 0.25) is 0 Å². The highest BCUT2D eigenvalue weighted by Crippen LogP contribution is 2.11. The smallest absolute Gasteiger partial charge is 0.313 e. The lowest BCUT2D eigenvalue weighted by Crippen LogP contribution is -2.13. The maximum absolute atomic E-state index is 11.5. The van der Waals surface area contributed by atoms with Crippen molar-refractivity contribution in [2.24, 2.45) is 5.92 Å². The first-order valence-corrected chi connectivity index (χ1v) is 5.70. The molecule has 0 fully saturated rings. The van der Waals surface area contributed by atoms with Crippen molar-refractivity contribution in [2.75, 3.05) is 6.61 Å². The number of carbonyl (C=O) groups excluding carboxylic acids is 2. The van der Waals surface area contributed by atoms with Crippen LogP contribution in [0.1, 0.15) is 29.9 Å². The number of hydrogen-bond acceptors (Lipinski definition) is 4. The fourth-order valence-electron chi connectivity index (χ4n) is 0.966. The van der Waals surface area contributed by atoms with E-state index in [0.717, 1.165) is 0 Å². The molecule has 0 aliphatic heterocycles. The van der Waals surface area contributed by atoms with E-state index in [9.17, 15) is 9.59 Å². The van der Waals surface area contributed by atoms with Crippen molar-refractivity contribution in [3.63, 3.8) is 0 Å². The van der Waals surface area contributed by atoms with Crippen molar-refractivity contribution in [2.45, 2.75) is 20.3 Å². The SMILES string of the molecule is CC(C)COC(=O)CC(=O)c1cccs1. The molecule has 0 N–H and O–H groups in total. The quantitative estimate of drug-likeness (QED) is 0.440. The molecule has 0 saturated heterocycles. The van der Waals surface area contributed by atoms with E-state index in [4.69, 9.17) is 4.74 Å². The van der Waals surface area contributed by atoms with Crippen molar-refractivity contribution in [3.8, 4) is 0 Å². The summed E-state index contributed by atoms with van der Waals surface area (Å²) in [6.07, 6.45) is -0.159. The summed E-state index contributed by atoms with van der Waals surface area (Å²) in [4.78, 5) is 23.3. The Bertz CT molecular complexity index is 328. The van der Waals surface area contributed by atoms with E-state index in [2.05, 4.69) is 0 Å². The number of thiophene rings is 1. The van der Waals surface area contributed by atoms with Gasteiger partial charge in [0.05, 0.1) is 11.5 Å². The number of ether oxygens (including phenoxy) is 1. The van der Waals surface area contributed by atoms with Crippen molar-refractivity contribution in [1.82, 2.24) is 0 Å². The molecular formula is C11H14O3S. The molecule has 1 aromatic heterocycles. The zero-order valence-electron chi connectivity index (χ0n) is 8.86. The van der Waals surface area contributed by atoms with Gasteiger partial charge in [0.1, 0.15) is 6.42 Å². The first kappa shape index (κ1) is 11.9. The van der Waals surface area contributed by atoms with Crippen LogP contribution < -0.4 is 0 Å². The van der Waals surface area contributed by atoms with Crippen molar-refractivity contribution in [1.29, 1.82) is 0 Å². The van der Waals surface area contributed by atoms with E-state index in [1.54, 1.807) is 12.1 Å². The fourth-order valence-corrected chi connectivity index (χ4v) is 1.63. The Kier molecular flexibility index (Phi) is 4.49. The summed E-state index contributed by atoms with van der Waals surface area (Å²) in [5, 5.41) is 1.81.